The van der Waals surface area contributed by atoms with Crippen LogP contribution < -0.4 is 10.1 Å². The zero-order valence-corrected chi connectivity index (χ0v) is 14.9. The molecule has 0 unspecified atom stereocenters. The van der Waals surface area contributed by atoms with E-state index in [2.05, 4.69) is 15.9 Å². The van der Waals surface area contributed by atoms with E-state index >= 15 is 0 Å². The van der Waals surface area contributed by atoms with E-state index in [0.29, 0.717) is 10.2 Å². The second-order valence-corrected chi connectivity index (χ2v) is 6.14. The number of carbonyl (C=O) groups is 1. The number of para-hydroxylation sites is 1. The fourth-order valence-electron chi connectivity index (χ4n) is 2.15. The molecule has 0 saturated carbocycles. The van der Waals surface area contributed by atoms with E-state index in [0.717, 1.165) is 0 Å². The van der Waals surface area contributed by atoms with Crippen LogP contribution in [0.4, 0.5) is 23.2 Å². The predicted molar refractivity (Wildman–Crippen MR) is 91.4 cm³/mol. The van der Waals surface area contributed by atoms with Crippen molar-refractivity contribution in [3.63, 3.8) is 0 Å². The Morgan fingerprint density at radius 2 is 1.70 bits per heavy atom. The number of benzene rings is 2. The molecule has 0 spiro atoms. The monoisotopic (exact) mass is 443 g/mol. The summed E-state index contributed by atoms with van der Waals surface area (Å²) >= 11 is 3.31. The highest BCUT2D eigenvalue weighted by atomic mass is 79.9. The van der Waals surface area contributed by atoms with Crippen molar-refractivity contribution < 1.29 is 31.5 Å². The van der Waals surface area contributed by atoms with Gasteiger partial charge in [0.1, 0.15) is 23.8 Å². The number of halogens is 5. The van der Waals surface area contributed by atoms with E-state index in [1.165, 1.54) is 12.1 Å². The first-order valence-corrected chi connectivity index (χ1v) is 8.26. The average Bonchev–Trinajstić information content (AvgIpc) is 3.12. The molecule has 0 fully saturated rings. The number of nitrogens with one attached hydrogen (secondary N) is 1. The number of hydrogen-bond acceptors (Lipinski definition) is 3. The summed E-state index contributed by atoms with van der Waals surface area (Å²) < 4.78 is 65.1. The topological polar surface area (TPSA) is 51.5 Å². The Hall–Kier alpha value is -2.81. The lowest BCUT2D eigenvalue weighted by molar-refractivity contribution is 0.0991. The summed E-state index contributed by atoms with van der Waals surface area (Å²) in [7, 11) is 0. The van der Waals surface area contributed by atoms with E-state index in [-0.39, 0.29) is 24.2 Å². The first kappa shape index (κ1) is 19.0. The summed E-state index contributed by atoms with van der Waals surface area (Å²) in [5, 5.41) is 1.76. The second kappa shape index (κ2) is 7.83. The molecule has 0 aliphatic heterocycles. The summed E-state index contributed by atoms with van der Waals surface area (Å²) in [6.07, 6.45) is 0. The summed E-state index contributed by atoms with van der Waals surface area (Å²) in [6.45, 7) is -0.0206. The van der Waals surface area contributed by atoms with Crippen LogP contribution in [0.1, 0.15) is 16.3 Å². The van der Waals surface area contributed by atoms with Crippen LogP contribution in [-0.4, -0.2) is 5.91 Å². The molecule has 0 saturated heterocycles. The van der Waals surface area contributed by atoms with E-state index < -0.39 is 34.9 Å². The molecule has 4 nitrogen and oxygen atoms in total. The number of anilines is 1. The Kier molecular flexibility index (Phi) is 5.50. The highest BCUT2D eigenvalue weighted by Gasteiger charge is 2.22. The summed E-state index contributed by atoms with van der Waals surface area (Å²) in [5.41, 5.74) is -1.24. The molecule has 1 N–H and O–H groups in total. The third-order valence-electron chi connectivity index (χ3n) is 3.44. The Balaban J connectivity index is 1.72. The van der Waals surface area contributed by atoms with Crippen LogP contribution in [0.15, 0.2) is 51.4 Å². The van der Waals surface area contributed by atoms with Gasteiger partial charge in [-0.25, -0.2) is 17.6 Å². The van der Waals surface area contributed by atoms with Gasteiger partial charge in [0, 0.05) is 6.07 Å². The van der Waals surface area contributed by atoms with E-state index in [1.54, 1.807) is 29.6 Å². The maximum Gasteiger partial charge on any atom is 0.291 e. The largest absolute Gasteiger partial charge is 0.484 e. The van der Waals surface area contributed by atoms with Gasteiger partial charge in [0.25, 0.3) is 5.91 Å². The van der Waals surface area contributed by atoms with Gasteiger partial charge in [0.2, 0.25) is 0 Å². The minimum Gasteiger partial charge on any atom is -0.484 e. The van der Waals surface area contributed by atoms with Crippen molar-refractivity contribution in [1.29, 1.82) is 0 Å². The van der Waals surface area contributed by atoms with Gasteiger partial charge in [-0.15, -0.1) is 0 Å². The highest BCUT2D eigenvalue weighted by Crippen LogP contribution is 2.26. The SMILES string of the molecule is O=C(Nc1c(F)c(F)cc(F)c1F)c1ccc(COc2ccccc2Br)o1. The van der Waals surface area contributed by atoms with Crippen LogP contribution in [0, 0.1) is 23.3 Å². The maximum atomic E-state index is 13.6. The lowest BCUT2D eigenvalue weighted by atomic mass is 10.2. The van der Waals surface area contributed by atoms with Gasteiger partial charge < -0.3 is 14.5 Å². The standard InChI is InChI=1S/C18H10BrF4NO3/c19-10-3-1-2-4-13(10)26-8-9-5-6-14(27-9)18(25)24-17-15(22)11(20)7-12(21)16(17)23/h1-7H,8H2,(H,24,25). The molecule has 3 aromatic rings. The second-order valence-electron chi connectivity index (χ2n) is 5.28. The van der Waals surface area contributed by atoms with Crippen molar-refractivity contribution >= 4 is 27.5 Å². The Morgan fingerprint density at radius 3 is 2.37 bits per heavy atom. The summed E-state index contributed by atoms with van der Waals surface area (Å²) in [4.78, 5) is 12.1. The van der Waals surface area contributed by atoms with Crippen LogP contribution in [0.3, 0.4) is 0 Å². The van der Waals surface area contributed by atoms with Gasteiger partial charge in [-0.1, -0.05) is 12.1 Å². The molecule has 1 heterocycles. The van der Waals surface area contributed by atoms with Gasteiger partial charge in [-0.3, -0.25) is 4.79 Å². The quantitative estimate of drug-likeness (QED) is 0.422. The molecule has 1 amide bonds. The van der Waals surface area contributed by atoms with Crippen molar-refractivity contribution in [2.24, 2.45) is 0 Å². The van der Waals surface area contributed by atoms with Gasteiger partial charge in [0.05, 0.1) is 4.47 Å². The smallest absolute Gasteiger partial charge is 0.291 e. The normalized spacial score (nSPS) is 10.7. The van der Waals surface area contributed by atoms with Crippen LogP contribution >= 0.6 is 15.9 Å². The molecule has 0 aliphatic carbocycles. The predicted octanol–water partition coefficient (Wildman–Crippen LogP) is 5.43. The molecular weight excluding hydrogens is 434 g/mol. The van der Waals surface area contributed by atoms with E-state index in [1.807, 2.05) is 0 Å². The summed E-state index contributed by atoms with van der Waals surface area (Å²) in [5.74, 6) is -7.30. The minimum absolute atomic E-state index is 0.0206. The molecule has 3 rings (SSSR count). The molecule has 27 heavy (non-hydrogen) atoms. The number of hydrogen-bond donors (Lipinski definition) is 1. The van der Waals surface area contributed by atoms with E-state index in [4.69, 9.17) is 9.15 Å². The molecule has 0 aliphatic rings. The summed E-state index contributed by atoms with van der Waals surface area (Å²) in [6, 6.07) is 9.76. The number of ether oxygens (including phenoxy) is 1. The van der Waals surface area contributed by atoms with Crippen LogP contribution in [0.5, 0.6) is 5.75 Å². The van der Waals surface area contributed by atoms with Crippen molar-refractivity contribution in [2.75, 3.05) is 5.32 Å². The third-order valence-corrected chi connectivity index (χ3v) is 4.10. The van der Waals surface area contributed by atoms with Gasteiger partial charge in [-0.2, -0.15) is 0 Å². The van der Waals surface area contributed by atoms with Crippen molar-refractivity contribution in [3.8, 4) is 5.75 Å². The molecular formula is C18H10BrF4NO3. The average molecular weight is 444 g/mol. The number of carbonyl (C=O) groups excluding carboxylic acids is 1. The van der Waals surface area contributed by atoms with Gasteiger partial charge >= 0.3 is 0 Å². The van der Waals surface area contributed by atoms with Crippen LogP contribution in [-0.2, 0) is 6.61 Å². The van der Waals surface area contributed by atoms with Crippen molar-refractivity contribution in [3.05, 3.63) is 81.7 Å². The Labute approximate surface area is 158 Å². The maximum absolute atomic E-state index is 13.6. The molecule has 2 aromatic carbocycles. The zero-order valence-electron chi connectivity index (χ0n) is 13.4. The van der Waals surface area contributed by atoms with Crippen LogP contribution in [0.2, 0.25) is 0 Å². The van der Waals surface area contributed by atoms with Gasteiger partial charge in [-0.05, 0) is 40.2 Å². The Bertz CT molecular complexity index is 980. The minimum atomic E-state index is -1.72. The molecule has 1 aromatic heterocycles. The number of rotatable bonds is 5. The number of furan rings is 1. The van der Waals surface area contributed by atoms with Crippen LogP contribution in [0.25, 0.3) is 0 Å². The van der Waals surface area contributed by atoms with Gasteiger partial charge in [0.15, 0.2) is 29.0 Å². The Morgan fingerprint density at radius 1 is 1.04 bits per heavy atom. The highest BCUT2D eigenvalue weighted by molar-refractivity contribution is 9.10. The zero-order chi connectivity index (χ0) is 19.6. The molecule has 0 atom stereocenters. The molecule has 9 heteroatoms. The molecule has 0 radical (unpaired) electrons. The first-order chi connectivity index (χ1) is 12.9. The lowest BCUT2D eigenvalue weighted by Crippen LogP contribution is -2.15. The first-order valence-electron chi connectivity index (χ1n) is 7.47. The van der Waals surface area contributed by atoms with Crippen molar-refractivity contribution in [1.82, 2.24) is 0 Å². The number of amides is 1. The molecule has 0 bridgehead atoms. The lowest BCUT2D eigenvalue weighted by Gasteiger charge is -2.08. The fraction of sp³-hybridized carbons (Fsp3) is 0.0556. The van der Waals surface area contributed by atoms with Crippen molar-refractivity contribution in [2.45, 2.75) is 6.61 Å². The molecule has 140 valence electrons. The third kappa shape index (κ3) is 4.13. The van der Waals surface area contributed by atoms with E-state index in [9.17, 15) is 22.4 Å². The fourth-order valence-corrected chi connectivity index (χ4v) is 2.55.